The summed E-state index contributed by atoms with van der Waals surface area (Å²) in [6.45, 7) is 0. The number of rotatable bonds is 4. The number of benzene rings is 2. The third kappa shape index (κ3) is 3.74. The number of nitrogens with one attached hydrogen (secondary N) is 1. The zero-order chi connectivity index (χ0) is 14.7. The van der Waals surface area contributed by atoms with Crippen LogP contribution in [-0.4, -0.2) is 10.2 Å². The summed E-state index contributed by atoms with van der Waals surface area (Å²) in [6.07, 6.45) is 0.538. The molecule has 1 N–H and O–H groups in total. The van der Waals surface area contributed by atoms with E-state index in [2.05, 4.69) is 15.5 Å². The molecular weight excluding hydrogens is 309 g/mol. The van der Waals surface area contributed by atoms with Crippen LogP contribution in [0.3, 0.4) is 0 Å². The normalized spacial score (nSPS) is 10.6. The molecule has 0 unspecified atom stereocenters. The minimum Gasteiger partial charge on any atom is -0.408 e. The average Bonchev–Trinajstić information content (AvgIpc) is 2.89. The van der Waals surface area contributed by atoms with Crippen molar-refractivity contribution in [2.45, 2.75) is 6.42 Å². The van der Waals surface area contributed by atoms with Gasteiger partial charge in [-0.1, -0.05) is 40.4 Å². The van der Waals surface area contributed by atoms with Crippen molar-refractivity contribution in [2.24, 2.45) is 0 Å². The SMILES string of the molecule is Clc1ccc(Nc2nnc(Cc3cccc(Cl)c3)o2)cc1. The van der Waals surface area contributed by atoms with Crippen LogP contribution in [0, 0.1) is 0 Å². The second-order valence-corrected chi connectivity index (χ2v) is 5.31. The van der Waals surface area contributed by atoms with Crippen molar-refractivity contribution in [3.63, 3.8) is 0 Å². The molecule has 2 aromatic carbocycles. The van der Waals surface area contributed by atoms with E-state index in [0.29, 0.717) is 28.4 Å². The van der Waals surface area contributed by atoms with E-state index < -0.39 is 0 Å². The highest BCUT2D eigenvalue weighted by Gasteiger charge is 2.07. The zero-order valence-electron chi connectivity index (χ0n) is 10.9. The Hall–Kier alpha value is -2.04. The van der Waals surface area contributed by atoms with E-state index in [0.717, 1.165) is 11.3 Å². The first kappa shape index (κ1) is 13.9. The monoisotopic (exact) mass is 319 g/mol. The number of hydrogen-bond acceptors (Lipinski definition) is 4. The van der Waals surface area contributed by atoms with E-state index >= 15 is 0 Å². The van der Waals surface area contributed by atoms with Gasteiger partial charge in [-0.3, -0.25) is 0 Å². The quantitative estimate of drug-likeness (QED) is 0.756. The Morgan fingerprint density at radius 3 is 2.52 bits per heavy atom. The molecule has 0 aliphatic carbocycles. The van der Waals surface area contributed by atoms with Crippen LogP contribution in [0.1, 0.15) is 11.5 Å². The molecule has 0 spiro atoms. The lowest BCUT2D eigenvalue weighted by atomic mass is 10.1. The lowest BCUT2D eigenvalue weighted by molar-refractivity contribution is 0.521. The zero-order valence-corrected chi connectivity index (χ0v) is 12.4. The molecule has 0 atom stereocenters. The van der Waals surface area contributed by atoms with E-state index in [-0.39, 0.29) is 0 Å². The van der Waals surface area contributed by atoms with Gasteiger partial charge in [0.2, 0.25) is 5.89 Å². The van der Waals surface area contributed by atoms with Crippen LogP contribution in [0.2, 0.25) is 10.0 Å². The standard InChI is InChI=1S/C15H11Cl2N3O/c16-11-4-6-13(7-5-11)18-15-20-19-14(21-15)9-10-2-1-3-12(17)8-10/h1-8H,9H2,(H,18,20). The number of aromatic nitrogens is 2. The Morgan fingerprint density at radius 2 is 1.76 bits per heavy atom. The summed E-state index contributed by atoms with van der Waals surface area (Å²) >= 11 is 11.8. The molecule has 6 heteroatoms. The summed E-state index contributed by atoms with van der Waals surface area (Å²) < 4.78 is 5.55. The maximum atomic E-state index is 5.95. The second kappa shape index (κ2) is 6.16. The van der Waals surface area contributed by atoms with E-state index in [1.807, 2.05) is 36.4 Å². The van der Waals surface area contributed by atoms with Gasteiger partial charge in [0.1, 0.15) is 0 Å². The van der Waals surface area contributed by atoms with Crippen LogP contribution in [0.5, 0.6) is 0 Å². The smallest absolute Gasteiger partial charge is 0.320 e. The third-order valence-corrected chi connectivity index (χ3v) is 3.29. The van der Waals surface area contributed by atoms with Crippen LogP contribution < -0.4 is 5.32 Å². The first-order valence-corrected chi connectivity index (χ1v) is 7.04. The highest BCUT2D eigenvalue weighted by Crippen LogP contribution is 2.19. The Labute approximate surface area is 131 Å². The summed E-state index contributed by atoms with van der Waals surface area (Å²) in [6, 6.07) is 15.1. The molecule has 3 rings (SSSR count). The maximum absolute atomic E-state index is 5.95. The first-order valence-electron chi connectivity index (χ1n) is 6.28. The summed E-state index contributed by atoms with van der Waals surface area (Å²) in [7, 11) is 0. The van der Waals surface area contributed by atoms with Gasteiger partial charge in [0.05, 0.1) is 6.42 Å². The molecule has 1 heterocycles. The number of hydrogen-bond donors (Lipinski definition) is 1. The van der Waals surface area contributed by atoms with E-state index in [1.165, 1.54) is 0 Å². The van der Waals surface area contributed by atoms with Crippen LogP contribution in [0.4, 0.5) is 11.7 Å². The minimum atomic E-state index is 0.342. The fourth-order valence-corrected chi connectivity index (χ4v) is 2.19. The lowest BCUT2D eigenvalue weighted by Crippen LogP contribution is -1.89. The van der Waals surface area contributed by atoms with Crippen molar-refractivity contribution in [2.75, 3.05) is 5.32 Å². The molecule has 21 heavy (non-hydrogen) atoms. The summed E-state index contributed by atoms with van der Waals surface area (Å²) in [4.78, 5) is 0. The molecule has 0 fully saturated rings. The number of anilines is 2. The highest BCUT2D eigenvalue weighted by atomic mass is 35.5. The molecule has 106 valence electrons. The van der Waals surface area contributed by atoms with Crippen molar-refractivity contribution < 1.29 is 4.42 Å². The molecule has 0 aliphatic heterocycles. The Kier molecular flexibility index (Phi) is 4.08. The summed E-state index contributed by atoms with van der Waals surface area (Å²) in [5.74, 6) is 0.522. The van der Waals surface area contributed by atoms with Crippen molar-refractivity contribution >= 4 is 34.9 Å². The van der Waals surface area contributed by atoms with Crippen LogP contribution >= 0.6 is 23.2 Å². The van der Waals surface area contributed by atoms with Crippen molar-refractivity contribution in [3.8, 4) is 0 Å². The van der Waals surface area contributed by atoms with Gasteiger partial charge in [0.25, 0.3) is 0 Å². The molecular formula is C15H11Cl2N3O. The van der Waals surface area contributed by atoms with Crippen LogP contribution in [-0.2, 0) is 6.42 Å². The number of halogens is 2. The molecule has 0 saturated heterocycles. The molecule has 0 saturated carbocycles. The molecule has 4 nitrogen and oxygen atoms in total. The minimum absolute atomic E-state index is 0.342. The predicted molar refractivity (Wildman–Crippen MR) is 83.3 cm³/mol. The van der Waals surface area contributed by atoms with Crippen molar-refractivity contribution in [1.29, 1.82) is 0 Å². The predicted octanol–water partition coefficient (Wildman–Crippen LogP) is 4.71. The number of nitrogens with zero attached hydrogens (tertiary/aromatic N) is 2. The summed E-state index contributed by atoms with van der Waals surface area (Å²) in [5.41, 5.74) is 1.85. The molecule has 0 bridgehead atoms. The van der Waals surface area contributed by atoms with Crippen molar-refractivity contribution in [3.05, 3.63) is 70.0 Å². The average molecular weight is 320 g/mol. The molecule has 1 aromatic heterocycles. The lowest BCUT2D eigenvalue weighted by Gasteiger charge is -2.00. The Balaban J connectivity index is 1.70. The van der Waals surface area contributed by atoms with Crippen molar-refractivity contribution in [1.82, 2.24) is 10.2 Å². The van der Waals surface area contributed by atoms with Gasteiger partial charge in [0.15, 0.2) is 0 Å². The van der Waals surface area contributed by atoms with Gasteiger partial charge in [0, 0.05) is 15.7 Å². The van der Waals surface area contributed by atoms with Gasteiger partial charge in [-0.05, 0) is 42.0 Å². The van der Waals surface area contributed by atoms with Crippen LogP contribution in [0.15, 0.2) is 52.9 Å². The largest absolute Gasteiger partial charge is 0.408 e. The third-order valence-electron chi connectivity index (χ3n) is 2.81. The maximum Gasteiger partial charge on any atom is 0.320 e. The van der Waals surface area contributed by atoms with Gasteiger partial charge in [-0.2, -0.15) is 0 Å². The first-order chi connectivity index (χ1) is 10.2. The van der Waals surface area contributed by atoms with E-state index in [1.54, 1.807) is 12.1 Å². The van der Waals surface area contributed by atoms with Crippen LogP contribution in [0.25, 0.3) is 0 Å². The molecule has 3 aromatic rings. The molecule has 0 radical (unpaired) electrons. The van der Waals surface area contributed by atoms with Gasteiger partial charge in [-0.25, -0.2) is 0 Å². The topological polar surface area (TPSA) is 51.0 Å². The second-order valence-electron chi connectivity index (χ2n) is 4.44. The summed E-state index contributed by atoms with van der Waals surface area (Å²) in [5, 5.41) is 12.3. The van der Waals surface area contributed by atoms with Gasteiger partial charge < -0.3 is 9.73 Å². The fraction of sp³-hybridized carbons (Fsp3) is 0.0667. The molecule has 0 aliphatic rings. The Morgan fingerprint density at radius 1 is 0.952 bits per heavy atom. The van der Waals surface area contributed by atoms with Gasteiger partial charge in [-0.15, -0.1) is 5.10 Å². The van der Waals surface area contributed by atoms with E-state index in [9.17, 15) is 0 Å². The van der Waals surface area contributed by atoms with E-state index in [4.69, 9.17) is 27.6 Å². The molecule has 0 amide bonds. The highest BCUT2D eigenvalue weighted by molar-refractivity contribution is 6.30. The Bertz CT molecular complexity index is 741. The van der Waals surface area contributed by atoms with Gasteiger partial charge >= 0.3 is 6.01 Å². The fourth-order valence-electron chi connectivity index (χ4n) is 1.85.